The number of pyridine rings is 1. The fourth-order valence-corrected chi connectivity index (χ4v) is 13.3. The lowest BCUT2D eigenvalue weighted by atomic mass is 9.77. The molecule has 85 heavy (non-hydrogen) atoms. The minimum atomic E-state index is -0.367. The maximum absolute atomic E-state index is 15.0. The molecule has 4 aromatic carbocycles. The number of piperidine rings is 1. The lowest BCUT2D eigenvalue weighted by Gasteiger charge is -2.28. The van der Waals surface area contributed by atoms with Gasteiger partial charge in [-0.1, -0.05) is 40.1 Å². The molecule has 0 spiro atoms. The molecule has 3 fully saturated rings. The zero-order valence-corrected chi connectivity index (χ0v) is 48.1. The lowest BCUT2D eigenvalue weighted by Crippen LogP contribution is -2.40. The lowest BCUT2D eigenvalue weighted by molar-refractivity contribution is -0.589. The molecule has 17 nitrogen and oxygen atoms in total. The zero-order valence-electron chi connectivity index (χ0n) is 48.1. The van der Waals surface area contributed by atoms with Gasteiger partial charge in [-0.2, -0.15) is 18.8 Å². The first kappa shape index (κ1) is 54.2. The molecular formula is C65H64F3N17+2. The van der Waals surface area contributed by atoms with Crippen molar-refractivity contribution in [2.75, 3.05) is 26.2 Å². The molecule has 10 aromatic rings. The highest BCUT2D eigenvalue weighted by atomic mass is 19.1. The zero-order chi connectivity index (χ0) is 58.0. The van der Waals surface area contributed by atoms with Crippen LogP contribution in [0.3, 0.4) is 0 Å². The fourth-order valence-electron chi connectivity index (χ4n) is 13.3. The highest BCUT2D eigenvalue weighted by Crippen LogP contribution is 2.48. The van der Waals surface area contributed by atoms with E-state index >= 15 is 0 Å². The Hall–Kier alpha value is -8.75. The van der Waals surface area contributed by atoms with E-state index < -0.39 is 0 Å². The van der Waals surface area contributed by atoms with E-state index in [-0.39, 0.29) is 35.1 Å². The molecule has 4 atom stereocenters. The average Bonchev–Trinajstić information content (AvgIpc) is 3.61. The monoisotopic (exact) mass is 1140 g/mol. The van der Waals surface area contributed by atoms with Crippen molar-refractivity contribution in [1.29, 1.82) is 0 Å². The van der Waals surface area contributed by atoms with Crippen LogP contribution >= 0.6 is 0 Å². The summed E-state index contributed by atoms with van der Waals surface area (Å²) in [5.74, 6) is 2.53. The fraction of sp³-hybridized carbons (Fsp3) is 0.354. The van der Waals surface area contributed by atoms with Gasteiger partial charge in [0, 0.05) is 36.1 Å². The summed E-state index contributed by atoms with van der Waals surface area (Å²) in [5, 5.41) is 43.1. The van der Waals surface area contributed by atoms with Crippen LogP contribution in [0.1, 0.15) is 105 Å². The van der Waals surface area contributed by atoms with Crippen molar-refractivity contribution in [3.05, 3.63) is 160 Å². The van der Waals surface area contributed by atoms with Gasteiger partial charge in [-0.25, -0.2) is 18.7 Å². The molecule has 2 aliphatic carbocycles. The van der Waals surface area contributed by atoms with Crippen molar-refractivity contribution in [1.82, 2.24) is 66.1 Å². The standard InChI is InChI=1S/C23H23FN5.C22H20FN5.C20H21FN7/c1-13-11-29-12-18(9-19(24)23(29)25-13)22-26-20-5-4-16(10-21(20)27-28-22)17-7-14-2-3-15(6-14)8-17;1-13-7-15(8-17-12-28(2)27-22(13)17)16-9-19(23)18-11-20(25-26-21(18)10-16)14-3-5-24-6-4-14;1-11-7-17(27-28-10-12(2)23-20(11)28)19-24-18-15(21)8-14(9-16(18)25-26-19)13-3-5-22-6-4-13/h4-5,9-15,17H,2-3,6-8H2,1H3;3,7-12,24H,4-6H2,1-2H3;7-10,12-13,22H,3-6H2,1-2H3/q+1;;+1. The average molecular weight is 1140 g/mol. The van der Waals surface area contributed by atoms with Gasteiger partial charge in [0.1, 0.15) is 41.0 Å². The van der Waals surface area contributed by atoms with E-state index in [1.807, 2.05) is 102 Å². The third-order valence-electron chi connectivity index (χ3n) is 17.5. The molecule has 0 radical (unpaired) electrons. The van der Waals surface area contributed by atoms with Crippen LogP contribution in [0.5, 0.6) is 0 Å². The number of nitrogens with one attached hydrogen (secondary N) is 2. The van der Waals surface area contributed by atoms with Crippen molar-refractivity contribution >= 4 is 49.4 Å². The number of fused-ring (bicyclic) bond motifs is 8. The Labute approximate surface area is 487 Å². The first-order valence-corrected chi connectivity index (χ1v) is 29.6. The molecule has 2 N–H and O–H groups in total. The molecule has 2 bridgehead atoms. The van der Waals surface area contributed by atoms with E-state index in [2.05, 4.69) is 89.6 Å². The molecule has 4 aliphatic heterocycles. The third kappa shape index (κ3) is 10.9. The molecule has 2 saturated carbocycles. The highest BCUT2D eigenvalue weighted by Gasteiger charge is 2.35. The van der Waals surface area contributed by atoms with E-state index in [0.29, 0.717) is 56.6 Å². The first-order valence-electron chi connectivity index (χ1n) is 29.6. The van der Waals surface area contributed by atoms with Gasteiger partial charge in [-0.15, -0.1) is 29.9 Å². The van der Waals surface area contributed by atoms with E-state index in [4.69, 9.17) is 0 Å². The molecule has 0 amide bonds. The van der Waals surface area contributed by atoms with E-state index in [1.165, 1.54) is 43.7 Å². The van der Waals surface area contributed by atoms with Gasteiger partial charge in [0.15, 0.2) is 29.4 Å². The van der Waals surface area contributed by atoms with Crippen LogP contribution in [0.2, 0.25) is 0 Å². The van der Waals surface area contributed by atoms with Gasteiger partial charge in [0.25, 0.3) is 0 Å². The molecule has 428 valence electrons. The summed E-state index contributed by atoms with van der Waals surface area (Å²) in [7, 11) is 1.90. The summed E-state index contributed by atoms with van der Waals surface area (Å²) in [5.41, 5.74) is 14.2. The van der Waals surface area contributed by atoms with Crippen LogP contribution in [0.25, 0.3) is 83.5 Å². The van der Waals surface area contributed by atoms with Crippen molar-refractivity contribution in [3.8, 4) is 34.0 Å². The maximum atomic E-state index is 15.0. The minimum Gasteiger partial charge on any atom is -0.317 e. The Balaban J connectivity index is 0.000000113. The summed E-state index contributed by atoms with van der Waals surface area (Å²) in [6.07, 6.45) is 19.4. The Morgan fingerprint density at radius 2 is 1.33 bits per heavy atom. The van der Waals surface area contributed by atoms with Crippen LogP contribution in [0.4, 0.5) is 13.2 Å². The summed E-state index contributed by atoms with van der Waals surface area (Å²) in [6.45, 7) is 11.5. The summed E-state index contributed by atoms with van der Waals surface area (Å²) >= 11 is 0. The number of hydrogen-bond acceptors (Lipinski definition) is 14. The third-order valence-corrected chi connectivity index (χ3v) is 17.5. The number of benzene rings is 4. The van der Waals surface area contributed by atoms with Crippen LogP contribution in [0, 0.1) is 55.6 Å². The van der Waals surface area contributed by atoms with Gasteiger partial charge >= 0.3 is 11.0 Å². The van der Waals surface area contributed by atoms with E-state index in [1.54, 1.807) is 25.4 Å². The topological polar surface area (TPSA) is 194 Å². The van der Waals surface area contributed by atoms with Gasteiger partial charge in [0.05, 0.1) is 27.8 Å². The number of hydrogen-bond donors (Lipinski definition) is 2. The van der Waals surface area contributed by atoms with Crippen molar-refractivity contribution in [2.45, 2.75) is 103 Å². The number of rotatable bonds is 6. The predicted octanol–water partition coefficient (Wildman–Crippen LogP) is 8.77. The van der Waals surface area contributed by atoms with E-state index in [9.17, 15) is 13.2 Å². The van der Waals surface area contributed by atoms with Gasteiger partial charge in [-0.3, -0.25) is 4.68 Å². The van der Waals surface area contributed by atoms with Gasteiger partial charge in [0.2, 0.25) is 11.6 Å². The van der Waals surface area contributed by atoms with Crippen LogP contribution in [-0.4, -0.2) is 93.7 Å². The summed E-state index contributed by atoms with van der Waals surface area (Å²) in [4.78, 5) is 17.9. The second-order valence-electron chi connectivity index (χ2n) is 23.8. The molecule has 6 aromatic heterocycles. The Morgan fingerprint density at radius 1 is 0.576 bits per heavy atom. The number of aryl methyl sites for hydroxylation is 3. The highest BCUT2D eigenvalue weighted by molar-refractivity contribution is 5.91. The molecule has 1 saturated heterocycles. The molecular weight excluding hydrogens is 1080 g/mol. The second-order valence-corrected chi connectivity index (χ2v) is 23.8. The summed E-state index contributed by atoms with van der Waals surface area (Å²) < 4.78 is 49.5. The quantitative estimate of drug-likeness (QED) is 0.151. The maximum Gasteiger partial charge on any atom is 0.358 e. The molecule has 6 aliphatic rings. The molecule has 4 unspecified atom stereocenters. The molecule has 16 rings (SSSR count). The van der Waals surface area contributed by atoms with Crippen molar-refractivity contribution in [2.24, 2.45) is 28.9 Å². The number of halogens is 3. The first-order chi connectivity index (χ1) is 41.3. The Morgan fingerprint density at radius 3 is 2.15 bits per heavy atom. The van der Waals surface area contributed by atoms with Crippen molar-refractivity contribution < 1.29 is 21.8 Å². The van der Waals surface area contributed by atoms with Crippen molar-refractivity contribution in [3.63, 3.8) is 0 Å². The molecule has 10 heterocycles. The number of nitrogens with zero attached hydrogens (tertiary/aromatic N) is 15. The number of aromatic nitrogens is 13. The van der Waals surface area contributed by atoms with Gasteiger partial charge < -0.3 is 10.6 Å². The second kappa shape index (κ2) is 22.3. The SMILES string of the molecule is CC1C=[n+]2cc(-c3nnc4cc(C5CC6CCC(C6)C5)ccc4n3)cc(F)c2=N1.Cc1cc(-c2cc(F)c3cc(C4=CCNCC4)nnc3c2)cc2cn(C)nc12.Cc1cc(-c2nnc3cc(C4CCNCC4)cc(F)c3n2)n[n+]2c1=NC(C)C=2. The van der Waals surface area contributed by atoms with Gasteiger partial charge in [-0.05, 0) is 210 Å². The Kier molecular flexibility index (Phi) is 14.3. The van der Waals surface area contributed by atoms with E-state index in [0.717, 1.165) is 124 Å². The van der Waals surface area contributed by atoms with Crippen LogP contribution in [-0.2, 0) is 7.05 Å². The van der Waals surface area contributed by atoms with Crippen LogP contribution < -0.4 is 30.2 Å². The normalized spacial score (nSPS) is 20.6. The largest absolute Gasteiger partial charge is 0.358 e. The van der Waals surface area contributed by atoms with Crippen LogP contribution in [0.15, 0.2) is 101 Å². The minimum absolute atomic E-state index is 0.0381. The Bertz CT molecular complexity index is 4630. The smallest absolute Gasteiger partial charge is 0.317 e. The summed E-state index contributed by atoms with van der Waals surface area (Å²) in [6, 6.07) is 22.6. The predicted molar refractivity (Wildman–Crippen MR) is 316 cm³/mol. The molecule has 20 heteroatoms.